The van der Waals surface area contributed by atoms with Gasteiger partial charge in [-0.1, -0.05) is 30.0 Å². The molecule has 0 unspecified atom stereocenters. The van der Waals surface area contributed by atoms with E-state index in [9.17, 15) is 4.79 Å². The van der Waals surface area contributed by atoms with Gasteiger partial charge in [0.05, 0.1) is 22.0 Å². The Kier molecular flexibility index (Phi) is 5.97. The summed E-state index contributed by atoms with van der Waals surface area (Å²) in [5.41, 5.74) is 1.99. The standard InChI is InChI=1S/C20H23N5OS2/c1-2-25-19(17-10-7-13-27-17)22-23-20(25)28-14-18(26)21-15-8-3-4-9-16(15)24-11-5-6-12-24/h3-4,7-10,13H,2,5-6,11-12,14H2,1H3,(H,21,26). The van der Waals surface area contributed by atoms with Crippen LogP contribution < -0.4 is 10.2 Å². The van der Waals surface area contributed by atoms with Gasteiger partial charge in [-0.15, -0.1) is 21.5 Å². The average molecular weight is 414 g/mol. The SMILES string of the molecule is CCn1c(SCC(=O)Nc2ccccc2N2CCCC2)nnc1-c1cccs1. The molecule has 1 aliphatic rings. The van der Waals surface area contributed by atoms with Gasteiger partial charge in [0.25, 0.3) is 0 Å². The van der Waals surface area contributed by atoms with Gasteiger partial charge in [0, 0.05) is 19.6 Å². The third kappa shape index (κ3) is 4.07. The van der Waals surface area contributed by atoms with Crippen molar-refractivity contribution in [2.24, 2.45) is 0 Å². The number of hydrogen-bond acceptors (Lipinski definition) is 6. The molecule has 0 spiro atoms. The van der Waals surface area contributed by atoms with Gasteiger partial charge in [-0.2, -0.15) is 0 Å². The Hall–Kier alpha value is -2.32. The molecule has 2 aromatic heterocycles. The average Bonchev–Trinajstić information content (AvgIpc) is 3.48. The molecular formula is C20H23N5OS2. The normalized spacial score (nSPS) is 13.8. The van der Waals surface area contributed by atoms with Crippen LogP contribution in [0.2, 0.25) is 0 Å². The van der Waals surface area contributed by atoms with Gasteiger partial charge in [-0.25, -0.2) is 0 Å². The highest BCUT2D eigenvalue weighted by Gasteiger charge is 2.18. The van der Waals surface area contributed by atoms with Crippen LogP contribution in [0.15, 0.2) is 46.9 Å². The summed E-state index contributed by atoms with van der Waals surface area (Å²) in [6.07, 6.45) is 2.41. The zero-order chi connectivity index (χ0) is 19.3. The first-order valence-electron chi connectivity index (χ1n) is 9.50. The fourth-order valence-corrected chi connectivity index (χ4v) is 4.92. The van der Waals surface area contributed by atoms with Crippen molar-refractivity contribution in [3.05, 3.63) is 41.8 Å². The molecule has 0 radical (unpaired) electrons. The summed E-state index contributed by atoms with van der Waals surface area (Å²) in [4.78, 5) is 16.0. The van der Waals surface area contributed by atoms with E-state index in [1.165, 1.54) is 24.6 Å². The van der Waals surface area contributed by atoms with Crippen LogP contribution in [0.4, 0.5) is 11.4 Å². The molecule has 1 aromatic carbocycles. The Morgan fingerprint density at radius 2 is 2.00 bits per heavy atom. The third-order valence-electron chi connectivity index (χ3n) is 4.73. The lowest BCUT2D eigenvalue weighted by molar-refractivity contribution is -0.113. The molecule has 6 nitrogen and oxygen atoms in total. The van der Waals surface area contributed by atoms with E-state index in [4.69, 9.17) is 0 Å². The maximum absolute atomic E-state index is 12.6. The quantitative estimate of drug-likeness (QED) is 0.583. The molecule has 3 aromatic rings. The lowest BCUT2D eigenvalue weighted by atomic mass is 10.2. The van der Waals surface area contributed by atoms with Crippen LogP contribution in [0.3, 0.4) is 0 Å². The summed E-state index contributed by atoms with van der Waals surface area (Å²) in [6, 6.07) is 12.1. The fraction of sp³-hybridized carbons (Fsp3) is 0.350. The molecule has 146 valence electrons. The van der Waals surface area contributed by atoms with E-state index in [1.807, 2.05) is 35.7 Å². The zero-order valence-corrected chi connectivity index (χ0v) is 17.4. The highest BCUT2D eigenvalue weighted by atomic mass is 32.2. The van der Waals surface area contributed by atoms with Gasteiger partial charge in [0.1, 0.15) is 0 Å². The van der Waals surface area contributed by atoms with Crippen LogP contribution in [-0.4, -0.2) is 39.5 Å². The number of carbonyl (C=O) groups is 1. The minimum Gasteiger partial charge on any atom is -0.370 e. The molecule has 1 fully saturated rings. The second-order valence-corrected chi connectivity index (χ2v) is 8.47. The molecule has 0 bridgehead atoms. The Morgan fingerprint density at radius 3 is 2.75 bits per heavy atom. The zero-order valence-electron chi connectivity index (χ0n) is 15.8. The summed E-state index contributed by atoms with van der Waals surface area (Å²) in [5.74, 6) is 1.14. The number of amides is 1. The summed E-state index contributed by atoms with van der Waals surface area (Å²) in [5, 5.41) is 14.5. The number of rotatable bonds is 7. The van der Waals surface area contributed by atoms with Crippen LogP contribution in [0.25, 0.3) is 10.7 Å². The molecule has 0 atom stereocenters. The molecule has 1 aliphatic heterocycles. The molecular weight excluding hydrogens is 390 g/mol. The molecule has 0 saturated carbocycles. The van der Waals surface area contributed by atoms with Crippen molar-refractivity contribution in [2.75, 3.05) is 29.1 Å². The van der Waals surface area contributed by atoms with E-state index >= 15 is 0 Å². The maximum atomic E-state index is 12.6. The van der Waals surface area contributed by atoms with Crippen molar-refractivity contribution < 1.29 is 4.79 Å². The fourth-order valence-electron chi connectivity index (χ4n) is 3.40. The molecule has 8 heteroatoms. The molecule has 28 heavy (non-hydrogen) atoms. The Balaban J connectivity index is 1.42. The van der Waals surface area contributed by atoms with E-state index in [0.29, 0.717) is 5.75 Å². The highest BCUT2D eigenvalue weighted by Crippen LogP contribution is 2.30. The van der Waals surface area contributed by atoms with Gasteiger partial charge in [0.2, 0.25) is 5.91 Å². The van der Waals surface area contributed by atoms with E-state index < -0.39 is 0 Å². The molecule has 4 rings (SSSR count). The summed E-state index contributed by atoms with van der Waals surface area (Å²) < 4.78 is 2.06. The molecule has 0 aliphatic carbocycles. The number of aromatic nitrogens is 3. The van der Waals surface area contributed by atoms with E-state index in [2.05, 4.69) is 38.0 Å². The maximum Gasteiger partial charge on any atom is 0.234 e. The van der Waals surface area contributed by atoms with Crippen LogP contribution in [0.5, 0.6) is 0 Å². The number of thiophene rings is 1. The van der Waals surface area contributed by atoms with Gasteiger partial charge >= 0.3 is 0 Å². The minimum absolute atomic E-state index is 0.0278. The van der Waals surface area contributed by atoms with Crippen LogP contribution >= 0.6 is 23.1 Å². The Labute approximate surface area is 173 Å². The Morgan fingerprint density at radius 1 is 1.18 bits per heavy atom. The predicted octanol–water partition coefficient (Wildman–Crippen LogP) is 4.36. The number of thioether (sulfide) groups is 1. The number of anilines is 2. The minimum atomic E-state index is -0.0278. The molecule has 3 heterocycles. The first-order valence-corrected chi connectivity index (χ1v) is 11.4. The van der Waals surface area contributed by atoms with E-state index in [0.717, 1.165) is 46.9 Å². The largest absolute Gasteiger partial charge is 0.370 e. The highest BCUT2D eigenvalue weighted by molar-refractivity contribution is 7.99. The van der Waals surface area contributed by atoms with Crippen LogP contribution in [-0.2, 0) is 11.3 Å². The van der Waals surface area contributed by atoms with Crippen molar-refractivity contribution >= 4 is 40.4 Å². The first kappa shape index (κ1) is 19.0. The van der Waals surface area contributed by atoms with Crippen molar-refractivity contribution in [3.8, 4) is 10.7 Å². The monoisotopic (exact) mass is 413 g/mol. The van der Waals surface area contributed by atoms with Gasteiger partial charge in [0.15, 0.2) is 11.0 Å². The van der Waals surface area contributed by atoms with E-state index in [-0.39, 0.29) is 5.91 Å². The molecule has 1 N–H and O–H groups in total. The van der Waals surface area contributed by atoms with Gasteiger partial charge in [-0.05, 0) is 43.3 Å². The molecule has 1 amide bonds. The lowest BCUT2D eigenvalue weighted by Crippen LogP contribution is -2.21. The van der Waals surface area contributed by atoms with Crippen molar-refractivity contribution in [2.45, 2.75) is 31.5 Å². The van der Waals surface area contributed by atoms with Gasteiger partial charge in [-0.3, -0.25) is 4.79 Å². The Bertz CT molecular complexity index is 932. The predicted molar refractivity (Wildman–Crippen MR) is 116 cm³/mol. The third-order valence-corrected chi connectivity index (χ3v) is 6.56. The van der Waals surface area contributed by atoms with Gasteiger partial charge < -0.3 is 14.8 Å². The number of hydrogen-bond donors (Lipinski definition) is 1. The summed E-state index contributed by atoms with van der Waals surface area (Å²) in [7, 11) is 0. The second kappa shape index (κ2) is 8.79. The summed E-state index contributed by atoms with van der Waals surface area (Å²) in [6.45, 7) is 4.93. The van der Waals surface area contributed by atoms with Crippen LogP contribution in [0, 0.1) is 0 Å². The number of benzene rings is 1. The topological polar surface area (TPSA) is 63.1 Å². The lowest BCUT2D eigenvalue weighted by Gasteiger charge is -2.21. The van der Waals surface area contributed by atoms with Crippen molar-refractivity contribution in [1.29, 1.82) is 0 Å². The van der Waals surface area contributed by atoms with Crippen molar-refractivity contribution in [1.82, 2.24) is 14.8 Å². The first-order chi connectivity index (χ1) is 13.8. The van der Waals surface area contributed by atoms with E-state index in [1.54, 1.807) is 11.3 Å². The number of para-hydroxylation sites is 2. The van der Waals surface area contributed by atoms with Crippen molar-refractivity contribution in [3.63, 3.8) is 0 Å². The summed E-state index contributed by atoms with van der Waals surface area (Å²) >= 11 is 3.07. The van der Waals surface area contributed by atoms with Crippen LogP contribution in [0.1, 0.15) is 19.8 Å². The number of nitrogens with zero attached hydrogens (tertiary/aromatic N) is 4. The number of nitrogens with one attached hydrogen (secondary N) is 1. The second-order valence-electron chi connectivity index (χ2n) is 6.58. The smallest absolute Gasteiger partial charge is 0.234 e. The number of carbonyl (C=O) groups excluding carboxylic acids is 1. The molecule has 1 saturated heterocycles.